The number of carbonyl (C=O) groups is 1. The molecule has 1 N–H and O–H groups in total. The molecule has 0 saturated carbocycles. The average molecular weight is 459 g/mol. The van der Waals surface area contributed by atoms with Crippen molar-refractivity contribution in [2.24, 2.45) is 0 Å². The number of halogens is 1. The van der Waals surface area contributed by atoms with E-state index >= 15 is 0 Å². The van der Waals surface area contributed by atoms with Crippen molar-refractivity contribution in [1.82, 2.24) is 15.1 Å². The van der Waals surface area contributed by atoms with E-state index in [0.29, 0.717) is 32.7 Å². The maximum absolute atomic E-state index is 13.1. The highest BCUT2D eigenvalue weighted by Gasteiger charge is 2.26. The van der Waals surface area contributed by atoms with Crippen molar-refractivity contribution >= 4 is 22.3 Å². The van der Waals surface area contributed by atoms with Gasteiger partial charge in [0.2, 0.25) is 0 Å². The van der Waals surface area contributed by atoms with Crippen molar-refractivity contribution < 1.29 is 26.0 Å². The Morgan fingerprint density at radius 1 is 1.06 bits per heavy atom. The number of rotatable bonds is 5. The number of anilines is 1. The predicted molar refractivity (Wildman–Crippen MR) is 115 cm³/mol. The lowest BCUT2D eigenvalue weighted by Gasteiger charge is -2.36. The fourth-order valence-corrected chi connectivity index (χ4v) is 4.00. The lowest BCUT2D eigenvalue weighted by Crippen LogP contribution is -2.49. The maximum atomic E-state index is 13.1. The molecule has 11 heteroatoms. The second-order valence-electron chi connectivity index (χ2n) is 8.79. The minimum absolute atomic E-state index is 0.0408. The highest BCUT2D eigenvalue weighted by Crippen LogP contribution is 2.27. The summed E-state index contributed by atoms with van der Waals surface area (Å²) in [6.45, 7) is 11.6. The third-order valence-electron chi connectivity index (χ3n) is 5.06. The van der Waals surface area contributed by atoms with Gasteiger partial charge in [0.1, 0.15) is 11.4 Å². The van der Waals surface area contributed by atoms with Crippen LogP contribution in [0.1, 0.15) is 26.3 Å². The summed E-state index contributed by atoms with van der Waals surface area (Å²) in [5.74, 6) is -0.0408. The van der Waals surface area contributed by atoms with Crippen LogP contribution < -0.4 is 14.4 Å². The van der Waals surface area contributed by atoms with Crippen LogP contribution in [-0.2, 0) is 21.8 Å². The molecule has 174 valence electrons. The van der Waals surface area contributed by atoms with Crippen LogP contribution in [0, 0.1) is 0 Å². The van der Waals surface area contributed by atoms with E-state index in [-0.39, 0.29) is 11.8 Å². The molecule has 0 aliphatic carbocycles. The Hall–Kier alpha value is -2.11. The number of benzene rings is 1. The number of carbonyl (C=O) groups excluding carboxylic acids is 1. The predicted octanol–water partition coefficient (Wildman–Crippen LogP) is 1.74. The number of piperazine rings is 2. The van der Waals surface area contributed by atoms with Gasteiger partial charge in [0.25, 0.3) is 0 Å². The van der Waals surface area contributed by atoms with Gasteiger partial charge in [-0.15, -0.1) is 0 Å². The Balaban J connectivity index is 1.67. The molecule has 0 atom stereocenters. The smallest absolute Gasteiger partial charge is 0.444 e. The first kappa shape index (κ1) is 23.6. The zero-order valence-electron chi connectivity index (χ0n) is 18.3. The second-order valence-corrected chi connectivity index (χ2v) is 9.75. The van der Waals surface area contributed by atoms with Crippen LogP contribution in [0.2, 0.25) is 0 Å². The summed E-state index contributed by atoms with van der Waals surface area (Å²) >= 11 is 0. The van der Waals surface area contributed by atoms with E-state index in [0.717, 1.165) is 37.4 Å². The summed E-state index contributed by atoms with van der Waals surface area (Å²) < 4.78 is 45.1. The van der Waals surface area contributed by atoms with Gasteiger partial charge in [-0.1, -0.05) is 3.89 Å². The van der Waals surface area contributed by atoms with E-state index in [9.17, 15) is 17.1 Å². The van der Waals surface area contributed by atoms with Crippen molar-refractivity contribution in [3.05, 3.63) is 23.8 Å². The van der Waals surface area contributed by atoms with E-state index in [1.807, 2.05) is 26.8 Å². The van der Waals surface area contributed by atoms with Gasteiger partial charge < -0.3 is 24.0 Å². The van der Waals surface area contributed by atoms with Gasteiger partial charge >= 0.3 is 16.6 Å². The van der Waals surface area contributed by atoms with Gasteiger partial charge in [0.05, 0.1) is 0 Å². The normalized spacial score (nSPS) is 18.7. The fourth-order valence-electron chi connectivity index (χ4n) is 3.68. The Labute approximate surface area is 183 Å². The average Bonchev–Trinajstić information content (AvgIpc) is 2.66. The highest BCUT2D eigenvalue weighted by molar-refractivity contribution is 7.81. The maximum Gasteiger partial charge on any atom is 0.488 e. The van der Waals surface area contributed by atoms with E-state index in [1.54, 1.807) is 17.0 Å². The molecule has 2 aliphatic heterocycles. The van der Waals surface area contributed by atoms with Crippen molar-refractivity contribution in [1.29, 1.82) is 0 Å². The summed E-state index contributed by atoms with van der Waals surface area (Å²) in [4.78, 5) is 18.2. The Morgan fingerprint density at radius 3 is 2.29 bits per heavy atom. The number of amides is 1. The zero-order chi connectivity index (χ0) is 22.6. The van der Waals surface area contributed by atoms with Gasteiger partial charge in [-0.05, 0) is 38.5 Å². The molecule has 0 radical (unpaired) electrons. The van der Waals surface area contributed by atoms with Gasteiger partial charge in [-0.2, -0.15) is 8.42 Å². The molecular weight excluding hydrogens is 427 g/mol. The van der Waals surface area contributed by atoms with E-state index < -0.39 is 16.1 Å². The van der Waals surface area contributed by atoms with Crippen LogP contribution >= 0.6 is 0 Å². The first-order valence-electron chi connectivity index (χ1n) is 10.4. The molecule has 1 aromatic rings. The van der Waals surface area contributed by atoms with E-state index in [2.05, 4.69) is 19.3 Å². The van der Waals surface area contributed by atoms with Crippen molar-refractivity contribution in [3.8, 4) is 5.75 Å². The van der Waals surface area contributed by atoms with E-state index in [1.165, 1.54) is 0 Å². The Bertz CT molecular complexity index is 876. The number of nitrogens with zero attached hydrogens (tertiary/aromatic N) is 3. The van der Waals surface area contributed by atoms with Crippen LogP contribution in [0.4, 0.5) is 14.4 Å². The fraction of sp³-hybridized carbons (Fsp3) is 0.650. The molecule has 1 amide bonds. The number of hydrogen-bond acceptors (Lipinski definition) is 8. The lowest BCUT2D eigenvalue weighted by molar-refractivity contribution is 0.0139. The first-order valence-corrected chi connectivity index (χ1v) is 11.7. The molecule has 31 heavy (non-hydrogen) atoms. The van der Waals surface area contributed by atoms with Gasteiger partial charge in [0.15, 0.2) is 0 Å². The summed E-state index contributed by atoms with van der Waals surface area (Å²) in [6.07, 6.45) is -0.323. The standard InChI is InChI=1S/C20H31FN4O5S/c1-20(2,3)29-19(26)25-10-8-23(9-11-25)15-16-12-17(24-6-4-22-5-7-24)14-18(13-16)30-31(21,27)28/h12-14,22H,4-11,15H2,1-3H3. The number of hydrogen-bond donors (Lipinski definition) is 1. The topological polar surface area (TPSA) is 91.4 Å². The van der Waals surface area contributed by atoms with Crippen LogP contribution in [-0.4, -0.2) is 82.3 Å². The molecule has 9 nitrogen and oxygen atoms in total. The summed E-state index contributed by atoms with van der Waals surface area (Å²) in [5, 5.41) is 3.27. The van der Waals surface area contributed by atoms with Crippen LogP contribution in [0.5, 0.6) is 5.75 Å². The van der Waals surface area contributed by atoms with Crippen LogP contribution in [0.25, 0.3) is 0 Å². The third-order valence-corrected chi connectivity index (χ3v) is 5.45. The SMILES string of the molecule is CC(C)(C)OC(=O)N1CCN(Cc2cc(OS(=O)(=O)F)cc(N3CCNCC3)c2)CC1. The minimum atomic E-state index is -5.11. The molecule has 0 aromatic heterocycles. The molecule has 0 spiro atoms. The van der Waals surface area contributed by atoms with Gasteiger partial charge in [0, 0.05) is 70.7 Å². The van der Waals surface area contributed by atoms with Gasteiger partial charge in [-0.25, -0.2) is 4.79 Å². The Kier molecular flexibility index (Phi) is 7.28. The molecule has 0 bridgehead atoms. The molecule has 2 fully saturated rings. The van der Waals surface area contributed by atoms with E-state index in [4.69, 9.17) is 4.74 Å². The molecule has 1 aromatic carbocycles. The highest BCUT2D eigenvalue weighted by atomic mass is 32.3. The largest absolute Gasteiger partial charge is 0.488 e. The number of ether oxygens (including phenoxy) is 1. The van der Waals surface area contributed by atoms with Gasteiger partial charge in [-0.3, -0.25) is 4.90 Å². The lowest BCUT2D eigenvalue weighted by atomic mass is 10.1. The molecule has 3 rings (SSSR count). The monoisotopic (exact) mass is 458 g/mol. The second kappa shape index (κ2) is 9.58. The zero-order valence-corrected chi connectivity index (χ0v) is 19.1. The van der Waals surface area contributed by atoms with Crippen molar-refractivity contribution in [3.63, 3.8) is 0 Å². The van der Waals surface area contributed by atoms with Crippen molar-refractivity contribution in [2.45, 2.75) is 32.9 Å². The summed E-state index contributed by atoms with van der Waals surface area (Å²) in [5.41, 5.74) is 1.08. The Morgan fingerprint density at radius 2 is 1.71 bits per heavy atom. The van der Waals surface area contributed by atoms with Crippen LogP contribution in [0.15, 0.2) is 18.2 Å². The minimum Gasteiger partial charge on any atom is -0.444 e. The summed E-state index contributed by atoms with van der Waals surface area (Å²) in [6, 6.07) is 5.07. The quantitative estimate of drug-likeness (QED) is 0.668. The molecule has 2 aliphatic rings. The van der Waals surface area contributed by atoms with Crippen LogP contribution in [0.3, 0.4) is 0 Å². The number of nitrogens with one attached hydrogen (secondary N) is 1. The third kappa shape index (κ3) is 7.51. The molecule has 2 heterocycles. The molecule has 2 saturated heterocycles. The summed E-state index contributed by atoms with van der Waals surface area (Å²) in [7, 11) is -5.11. The molecular formula is C20H31FN4O5S. The van der Waals surface area contributed by atoms with Crippen molar-refractivity contribution in [2.75, 3.05) is 57.3 Å². The first-order chi connectivity index (χ1) is 14.5. The molecule has 0 unspecified atom stereocenters.